The lowest BCUT2D eigenvalue weighted by molar-refractivity contribution is -0.139. The summed E-state index contributed by atoms with van der Waals surface area (Å²) in [6.45, 7) is 3.15. The van der Waals surface area contributed by atoms with Gasteiger partial charge in [-0.3, -0.25) is 4.72 Å². The largest absolute Gasteiger partial charge is 0.480 e. The maximum Gasteiger partial charge on any atom is 0.341 e. The Labute approximate surface area is 145 Å². The smallest absolute Gasteiger partial charge is 0.341 e. The van der Waals surface area contributed by atoms with E-state index in [1.807, 2.05) is 19.9 Å². The van der Waals surface area contributed by atoms with Crippen molar-refractivity contribution in [2.24, 2.45) is 0 Å². The predicted octanol–water partition coefficient (Wildman–Crippen LogP) is 3.22. The number of hydrogen-bond acceptors (Lipinski definition) is 4. The van der Waals surface area contributed by atoms with Crippen LogP contribution in [0.25, 0.3) is 0 Å². The highest BCUT2D eigenvalue weighted by Crippen LogP contribution is 2.29. The van der Waals surface area contributed by atoms with Gasteiger partial charge in [-0.2, -0.15) is 0 Å². The topological polar surface area (TPSA) is 92.7 Å². The van der Waals surface area contributed by atoms with Gasteiger partial charge < -0.3 is 9.84 Å². The van der Waals surface area contributed by atoms with Crippen molar-refractivity contribution < 1.29 is 23.1 Å². The number of carboxylic acids is 1. The summed E-state index contributed by atoms with van der Waals surface area (Å²) in [4.78, 5) is 10.5. The number of halogens is 1. The standard InChI is InChI=1S/C16H16ClNO5S/c1-10-4-3-5-14(11(10)2)18-24(21,22)12-6-7-15(13(17)8-12)23-9-16(19)20/h3-8,18H,9H2,1-2H3,(H,19,20). The second-order valence-corrected chi connectivity index (χ2v) is 7.22. The summed E-state index contributed by atoms with van der Waals surface area (Å²) in [5, 5.41) is 8.60. The normalized spacial score (nSPS) is 11.1. The number of sulfonamides is 1. The minimum absolute atomic E-state index is 0.0140. The molecular formula is C16H16ClNO5S. The fourth-order valence-corrected chi connectivity index (χ4v) is 3.42. The molecule has 2 N–H and O–H groups in total. The van der Waals surface area contributed by atoms with E-state index < -0.39 is 22.6 Å². The predicted molar refractivity (Wildman–Crippen MR) is 91.3 cm³/mol. The van der Waals surface area contributed by atoms with Crippen LogP contribution in [0.4, 0.5) is 5.69 Å². The molecule has 0 bridgehead atoms. The van der Waals surface area contributed by atoms with E-state index in [9.17, 15) is 13.2 Å². The van der Waals surface area contributed by atoms with E-state index in [-0.39, 0.29) is 15.7 Å². The van der Waals surface area contributed by atoms with E-state index >= 15 is 0 Å². The van der Waals surface area contributed by atoms with E-state index in [1.165, 1.54) is 18.2 Å². The quantitative estimate of drug-likeness (QED) is 0.815. The molecular weight excluding hydrogens is 354 g/mol. The molecule has 0 unspecified atom stereocenters. The average Bonchev–Trinajstić information content (AvgIpc) is 2.50. The summed E-state index contributed by atoms with van der Waals surface area (Å²) < 4.78 is 32.5. The van der Waals surface area contributed by atoms with Crippen molar-refractivity contribution in [1.29, 1.82) is 0 Å². The summed E-state index contributed by atoms with van der Waals surface area (Å²) >= 11 is 5.97. The molecule has 0 radical (unpaired) electrons. The van der Waals surface area contributed by atoms with Crippen LogP contribution in [0.5, 0.6) is 5.75 Å². The SMILES string of the molecule is Cc1cccc(NS(=O)(=O)c2ccc(OCC(=O)O)c(Cl)c2)c1C. The Morgan fingerprint density at radius 2 is 1.96 bits per heavy atom. The molecule has 8 heteroatoms. The molecule has 0 aliphatic rings. The number of aryl methyl sites for hydroxylation is 1. The number of carboxylic acid groups (broad SMARTS) is 1. The lowest BCUT2D eigenvalue weighted by atomic mass is 10.1. The van der Waals surface area contributed by atoms with Crippen LogP contribution in [0, 0.1) is 13.8 Å². The monoisotopic (exact) mass is 369 g/mol. The summed E-state index contributed by atoms with van der Waals surface area (Å²) in [5.74, 6) is -1.05. The summed E-state index contributed by atoms with van der Waals surface area (Å²) in [5.41, 5.74) is 2.27. The van der Waals surface area contributed by atoms with Crippen LogP contribution in [-0.2, 0) is 14.8 Å². The Bertz CT molecular complexity index is 880. The Morgan fingerprint density at radius 1 is 1.25 bits per heavy atom. The molecule has 0 fully saturated rings. The van der Waals surface area contributed by atoms with E-state index in [4.69, 9.17) is 21.4 Å². The van der Waals surface area contributed by atoms with Crippen LogP contribution >= 0.6 is 11.6 Å². The van der Waals surface area contributed by atoms with Gasteiger partial charge in [0.25, 0.3) is 10.0 Å². The first kappa shape index (κ1) is 18.1. The third-order valence-corrected chi connectivity index (χ3v) is 5.07. The minimum atomic E-state index is -3.83. The molecule has 0 saturated heterocycles. The maximum absolute atomic E-state index is 12.5. The molecule has 0 atom stereocenters. The Kier molecular flexibility index (Phi) is 5.36. The van der Waals surface area contributed by atoms with E-state index in [0.717, 1.165) is 11.1 Å². The number of rotatable bonds is 6. The highest BCUT2D eigenvalue weighted by Gasteiger charge is 2.18. The minimum Gasteiger partial charge on any atom is -0.480 e. The third-order valence-electron chi connectivity index (χ3n) is 3.41. The zero-order chi connectivity index (χ0) is 17.9. The van der Waals surface area contributed by atoms with Gasteiger partial charge in [0.1, 0.15) is 5.75 Å². The van der Waals surface area contributed by atoms with Gasteiger partial charge in [0.2, 0.25) is 0 Å². The lowest BCUT2D eigenvalue weighted by Gasteiger charge is -2.13. The molecule has 6 nitrogen and oxygen atoms in total. The van der Waals surface area contributed by atoms with Crippen molar-refractivity contribution in [3.8, 4) is 5.75 Å². The van der Waals surface area contributed by atoms with Crippen molar-refractivity contribution in [2.75, 3.05) is 11.3 Å². The highest BCUT2D eigenvalue weighted by molar-refractivity contribution is 7.92. The van der Waals surface area contributed by atoms with Gasteiger partial charge in [0.05, 0.1) is 15.6 Å². The van der Waals surface area contributed by atoms with Crippen LogP contribution in [0.15, 0.2) is 41.3 Å². The average molecular weight is 370 g/mol. The van der Waals surface area contributed by atoms with Crippen LogP contribution < -0.4 is 9.46 Å². The number of nitrogens with one attached hydrogen (secondary N) is 1. The van der Waals surface area contributed by atoms with Gasteiger partial charge in [-0.25, -0.2) is 13.2 Å². The number of aliphatic carboxylic acids is 1. The Balaban J connectivity index is 2.28. The van der Waals surface area contributed by atoms with Crippen LogP contribution in [-0.4, -0.2) is 26.1 Å². The zero-order valence-electron chi connectivity index (χ0n) is 13.0. The van der Waals surface area contributed by atoms with Gasteiger partial charge in [-0.1, -0.05) is 23.7 Å². The van der Waals surface area contributed by atoms with Crippen LogP contribution in [0.1, 0.15) is 11.1 Å². The van der Waals surface area contributed by atoms with Crippen molar-refractivity contribution in [1.82, 2.24) is 0 Å². The number of anilines is 1. The van der Waals surface area contributed by atoms with E-state index in [2.05, 4.69) is 4.72 Å². The molecule has 0 aliphatic heterocycles. The first-order chi connectivity index (χ1) is 11.2. The van der Waals surface area contributed by atoms with E-state index in [0.29, 0.717) is 5.69 Å². The second-order valence-electron chi connectivity index (χ2n) is 5.13. The van der Waals surface area contributed by atoms with Gasteiger partial charge in [-0.05, 0) is 49.2 Å². The third kappa shape index (κ3) is 4.18. The van der Waals surface area contributed by atoms with Crippen molar-refractivity contribution >= 4 is 33.3 Å². The molecule has 128 valence electrons. The van der Waals surface area contributed by atoms with Crippen LogP contribution in [0.2, 0.25) is 5.02 Å². The summed E-state index contributed by atoms with van der Waals surface area (Å²) in [6.07, 6.45) is 0. The first-order valence-electron chi connectivity index (χ1n) is 6.94. The zero-order valence-corrected chi connectivity index (χ0v) is 14.6. The van der Waals surface area contributed by atoms with Crippen molar-refractivity contribution in [3.63, 3.8) is 0 Å². The molecule has 0 amide bonds. The highest BCUT2D eigenvalue weighted by atomic mass is 35.5. The lowest BCUT2D eigenvalue weighted by Crippen LogP contribution is -2.14. The molecule has 2 aromatic rings. The Morgan fingerprint density at radius 3 is 2.58 bits per heavy atom. The molecule has 24 heavy (non-hydrogen) atoms. The van der Waals surface area contributed by atoms with Gasteiger partial charge >= 0.3 is 5.97 Å². The molecule has 2 aromatic carbocycles. The van der Waals surface area contributed by atoms with Gasteiger partial charge in [0.15, 0.2) is 6.61 Å². The fraction of sp³-hybridized carbons (Fsp3) is 0.188. The number of ether oxygens (including phenoxy) is 1. The fourth-order valence-electron chi connectivity index (χ4n) is 1.97. The van der Waals surface area contributed by atoms with E-state index in [1.54, 1.807) is 12.1 Å². The maximum atomic E-state index is 12.5. The molecule has 0 spiro atoms. The summed E-state index contributed by atoms with van der Waals surface area (Å²) in [6, 6.07) is 9.16. The van der Waals surface area contributed by atoms with Gasteiger partial charge in [0, 0.05) is 0 Å². The number of hydrogen-bond donors (Lipinski definition) is 2. The first-order valence-corrected chi connectivity index (χ1v) is 8.80. The number of carbonyl (C=O) groups is 1. The molecule has 0 saturated carbocycles. The molecule has 2 rings (SSSR count). The molecule has 0 aromatic heterocycles. The van der Waals surface area contributed by atoms with Crippen molar-refractivity contribution in [2.45, 2.75) is 18.7 Å². The van der Waals surface area contributed by atoms with Crippen molar-refractivity contribution in [3.05, 3.63) is 52.5 Å². The second kappa shape index (κ2) is 7.11. The molecule has 0 heterocycles. The van der Waals surface area contributed by atoms with Crippen LogP contribution in [0.3, 0.4) is 0 Å². The molecule has 0 aliphatic carbocycles. The summed E-state index contributed by atoms with van der Waals surface area (Å²) in [7, 11) is -3.83. The van der Waals surface area contributed by atoms with Gasteiger partial charge in [-0.15, -0.1) is 0 Å². The Hall–Kier alpha value is -2.25. The number of benzene rings is 2.